The summed E-state index contributed by atoms with van der Waals surface area (Å²) < 4.78 is 6.56. The van der Waals surface area contributed by atoms with Crippen molar-refractivity contribution >= 4 is 5.78 Å². The van der Waals surface area contributed by atoms with Crippen molar-refractivity contribution in [3.05, 3.63) is 18.0 Å². The van der Waals surface area contributed by atoms with Gasteiger partial charge in [0, 0.05) is 19.9 Å². The largest absolute Gasteiger partial charge is 0.374 e. The van der Waals surface area contributed by atoms with Crippen molar-refractivity contribution in [2.45, 2.75) is 6.92 Å². The van der Waals surface area contributed by atoms with Crippen LogP contribution in [0.25, 0.3) is 0 Å². The van der Waals surface area contributed by atoms with E-state index in [-0.39, 0.29) is 12.4 Å². The highest BCUT2D eigenvalue weighted by Gasteiger charge is 2.07. The van der Waals surface area contributed by atoms with Crippen molar-refractivity contribution < 1.29 is 9.53 Å². The molecule has 0 aliphatic carbocycles. The first-order valence-electron chi connectivity index (χ1n) is 3.84. The number of Topliss-reactive ketones (excluding diaryl/α,β-unsaturated/α-hetero) is 1. The second kappa shape index (κ2) is 4.01. The van der Waals surface area contributed by atoms with Gasteiger partial charge in [-0.3, -0.25) is 9.48 Å². The molecule has 4 nitrogen and oxygen atoms in total. The topological polar surface area (TPSA) is 44.1 Å². The lowest BCUT2D eigenvalue weighted by Gasteiger charge is -1.96. The predicted octanol–water partition coefficient (Wildman–Crippen LogP) is 0.639. The lowest BCUT2D eigenvalue weighted by molar-refractivity contribution is 0.0777. The van der Waals surface area contributed by atoms with Crippen LogP contribution >= 0.6 is 0 Å². The smallest absolute Gasteiger partial charge is 0.208 e. The molecule has 0 atom stereocenters. The second-order valence-corrected chi connectivity index (χ2v) is 2.43. The minimum atomic E-state index is -0.0718. The maximum atomic E-state index is 11.2. The molecule has 1 aromatic heterocycles. The van der Waals surface area contributed by atoms with Gasteiger partial charge in [-0.2, -0.15) is 5.10 Å². The van der Waals surface area contributed by atoms with Gasteiger partial charge in [-0.25, -0.2) is 0 Å². The first kappa shape index (κ1) is 8.93. The Bertz CT molecular complexity index is 268. The fourth-order valence-electron chi connectivity index (χ4n) is 0.832. The van der Waals surface area contributed by atoms with Crippen LogP contribution < -0.4 is 0 Å². The molecule has 0 aliphatic heterocycles. The third-order valence-corrected chi connectivity index (χ3v) is 1.44. The SMILES string of the molecule is CCOCC(=O)c1ccn(C)n1. The number of rotatable bonds is 4. The van der Waals surface area contributed by atoms with E-state index in [0.29, 0.717) is 12.3 Å². The Morgan fingerprint density at radius 1 is 1.75 bits per heavy atom. The molecule has 0 saturated carbocycles. The summed E-state index contributed by atoms with van der Waals surface area (Å²) in [6.45, 7) is 2.53. The maximum absolute atomic E-state index is 11.2. The predicted molar refractivity (Wildman–Crippen MR) is 44.0 cm³/mol. The van der Waals surface area contributed by atoms with Crippen LogP contribution in [0.3, 0.4) is 0 Å². The van der Waals surface area contributed by atoms with E-state index in [1.807, 2.05) is 6.92 Å². The second-order valence-electron chi connectivity index (χ2n) is 2.43. The van der Waals surface area contributed by atoms with Crippen LogP contribution in [0.15, 0.2) is 12.3 Å². The van der Waals surface area contributed by atoms with Crippen LogP contribution in [0.4, 0.5) is 0 Å². The quantitative estimate of drug-likeness (QED) is 0.620. The average molecular weight is 168 g/mol. The van der Waals surface area contributed by atoms with Crippen molar-refractivity contribution in [1.29, 1.82) is 0 Å². The number of aryl methyl sites for hydroxylation is 1. The van der Waals surface area contributed by atoms with Crippen molar-refractivity contribution in [2.75, 3.05) is 13.2 Å². The van der Waals surface area contributed by atoms with E-state index in [0.717, 1.165) is 0 Å². The van der Waals surface area contributed by atoms with Gasteiger partial charge in [0.15, 0.2) is 0 Å². The number of nitrogens with zero attached hydrogens (tertiary/aromatic N) is 2. The molecule has 0 spiro atoms. The van der Waals surface area contributed by atoms with Gasteiger partial charge < -0.3 is 4.74 Å². The molecular formula is C8H12N2O2. The molecule has 0 saturated heterocycles. The molecule has 66 valence electrons. The molecule has 1 heterocycles. The summed E-state index contributed by atoms with van der Waals surface area (Å²) in [5.74, 6) is -0.0718. The van der Waals surface area contributed by atoms with E-state index in [4.69, 9.17) is 4.74 Å². The average Bonchev–Trinajstić information content (AvgIpc) is 2.47. The normalized spacial score (nSPS) is 10.2. The first-order valence-corrected chi connectivity index (χ1v) is 3.84. The molecule has 1 rings (SSSR count). The number of ketones is 1. The summed E-state index contributed by atoms with van der Waals surface area (Å²) in [6.07, 6.45) is 1.74. The summed E-state index contributed by atoms with van der Waals surface area (Å²) in [7, 11) is 1.78. The minimum Gasteiger partial charge on any atom is -0.374 e. The number of hydrogen-bond donors (Lipinski definition) is 0. The van der Waals surface area contributed by atoms with E-state index >= 15 is 0 Å². The highest BCUT2D eigenvalue weighted by molar-refractivity contribution is 5.95. The summed E-state index contributed by atoms with van der Waals surface area (Å²) >= 11 is 0. The number of carbonyl (C=O) groups excluding carboxylic acids is 1. The molecule has 0 aliphatic rings. The fourth-order valence-corrected chi connectivity index (χ4v) is 0.832. The molecule has 0 bridgehead atoms. The Hall–Kier alpha value is -1.16. The van der Waals surface area contributed by atoms with Gasteiger partial charge in [0.05, 0.1) is 0 Å². The summed E-state index contributed by atoms with van der Waals surface area (Å²) in [5.41, 5.74) is 0.464. The molecule has 0 N–H and O–H groups in total. The van der Waals surface area contributed by atoms with Crippen molar-refractivity contribution in [1.82, 2.24) is 9.78 Å². The van der Waals surface area contributed by atoms with Gasteiger partial charge in [0.25, 0.3) is 0 Å². The first-order chi connectivity index (χ1) is 5.74. The fraction of sp³-hybridized carbons (Fsp3) is 0.500. The van der Waals surface area contributed by atoms with Crippen LogP contribution in [0.1, 0.15) is 17.4 Å². The van der Waals surface area contributed by atoms with Gasteiger partial charge in [-0.1, -0.05) is 0 Å². The molecule has 1 aromatic rings. The van der Waals surface area contributed by atoms with E-state index < -0.39 is 0 Å². The highest BCUT2D eigenvalue weighted by Crippen LogP contribution is 1.95. The number of ether oxygens (including phenoxy) is 1. The number of carbonyl (C=O) groups is 1. The Morgan fingerprint density at radius 3 is 3.00 bits per heavy atom. The zero-order chi connectivity index (χ0) is 8.97. The van der Waals surface area contributed by atoms with Gasteiger partial charge >= 0.3 is 0 Å². The van der Waals surface area contributed by atoms with Gasteiger partial charge in [-0.15, -0.1) is 0 Å². The number of hydrogen-bond acceptors (Lipinski definition) is 3. The van der Waals surface area contributed by atoms with Gasteiger partial charge in [0.1, 0.15) is 12.3 Å². The lowest BCUT2D eigenvalue weighted by Crippen LogP contribution is -2.09. The third kappa shape index (κ3) is 2.17. The third-order valence-electron chi connectivity index (χ3n) is 1.44. The molecule has 0 aromatic carbocycles. The number of aromatic nitrogens is 2. The molecule has 12 heavy (non-hydrogen) atoms. The molecule has 0 radical (unpaired) electrons. The van der Waals surface area contributed by atoms with Crippen LogP contribution in [-0.2, 0) is 11.8 Å². The van der Waals surface area contributed by atoms with Crippen molar-refractivity contribution in [2.24, 2.45) is 7.05 Å². The Kier molecular flexibility index (Phi) is 2.99. The Balaban J connectivity index is 2.53. The zero-order valence-corrected chi connectivity index (χ0v) is 7.28. The molecule has 0 amide bonds. The highest BCUT2D eigenvalue weighted by atomic mass is 16.5. The van der Waals surface area contributed by atoms with Crippen molar-refractivity contribution in [3.8, 4) is 0 Å². The van der Waals surface area contributed by atoms with E-state index in [1.165, 1.54) is 0 Å². The molecule has 0 unspecified atom stereocenters. The van der Waals surface area contributed by atoms with Crippen LogP contribution in [0.2, 0.25) is 0 Å². The summed E-state index contributed by atoms with van der Waals surface area (Å²) in [4.78, 5) is 11.2. The monoisotopic (exact) mass is 168 g/mol. The van der Waals surface area contributed by atoms with Crippen LogP contribution in [0.5, 0.6) is 0 Å². The molecular weight excluding hydrogens is 156 g/mol. The zero-order valence-electron chi connectivity index (χ0n) is 7.28. The Morgan fingerprint density at radius 2 is 2.50 bits per heavy atom. The lowest BCUT2D eigenvalue weighted by atomic mass is 10.3. The molecule has 0 fully saturated rings. The summed E-state index contributed by atoms with van der Waals surface area (Å²) in [5, 5.41) is 3.95. The van der Waals surface area contributed by atoms with Crippen LogP contribution in [-0.4, -0.2) is 28.8 Å². The standard InChI is InChI=1S/C8H12N2O2/c1-3-12-6-8(11)7-4-5-10(2)9-7/h4-5H,3,6H2,1-2H3. The maximum Gasteiger partial charge on any atom is 0.208 e. The minimum absolute atomic E-state index is 0.0718. The van der Waals surface area contributed by atoms with Crippen LogP contribution in [0, 0.1) is 0 Å². The van der Waals surface area contributed by atoms with Gasteiger partial charge in [0.2, 0.25) is 5.78 Å². The summed E-state index contributed by atoms with van der Waals surface area (Å²) in [6, 6.07) is 1.68. The van der Waals surface area contributed by atoms with E-state index in [9.17, 15) is 4.79 Å². The van der Waals surface area contributed by atoms with E-state index in [2.05, 4.69) is 5.10 Å². The van der Waals surface area contributed by atoms with Crippen molar-refractivity contribution in [3.63, 3.8) is 0 Å². The van der Waals surface area contributed by atoms with Gasteiger partial charge in [-0.05, 0) is 13.0 Å². The van der Waals surface area contributed by atoms with E-state index in [1.54, 1.807) is 24.0 Å². The molecule has 4 heteroatoms. The Labute approximate surface area is 71.1 Å².